The highest BCUT2D eigenvalue weighted by Crippen LogP contribution is 2.32. The summed E-state index contributed by atoms with van der Waals surface area (Å²) < 4.78 is 5.10. The molecule has 1 aliphatic carbocycles. The molecule has 2 rings (SSSR count). The topological polar surface area (TPSA) is 49.7 Å². The van der Waals surface area contributed by atoms with Gasteiger partial charge < -0.3 is 14.3 Å². The number of aryl methyl sites for hydroxylation is 1. The molecular weight excluding hydrogens is 343 g/mol. The van der Waals surface area contributed by atoms with E-state index in [1.165, 1.54) is 83.5 Å². The summed E-state index contributed by atoms with van der Waals surface area (Å²) in [4.78, 5) is 18.1. The molecule has 0 amide bonds. The van der Waals surface area contributed by atoms with E-state index in [4.69, 9.17) is 14.3 Å². The van der Waals surface area contributed by atoms with Gasteiger partial charge in [-0.15, -0.1) is 0 Å². The van der Waals surface area contributed by atoms with Crippen molar-refractivity contribution in [1.82, 2.24) is 0 Å². The largest absolute Gasteiger partial charge is 0.427 e. The lowest BCUT2D eigenvalue weighted by Gasteiger charge is -2.21. The van der Waals surface area contributed by atoms with E-state index in [-0.39, 0.29) is 0 Å². The average molecular weight is 381 g/mol. The highest BCUT2D eigenvalue weighted by molar-refractivity contribution is 7.39. The second-order valence-corrected chi connectivity index (χ2v) is 8.51. The zero-order valence-corrected chi connectivity index (χ0v) is 17.1. The van der Waals surface area contributed by atoms with Gasteiger partial charge in [0.2, 0.25) is 0 Å². The zero-order valence-electron chi connectivity index (χ0n) is 16.2. The Hall–Kier alpha value is -0.630. The monoisotopic (exact) mass is 380 g/mol. The summed E-state index contributed by atoms with van der Waals surface area (Å²) >= 11 is 0. The van der Waals surface area contributed by atoms with Crippen molar-refractivity contribution in [2.45, 2.75) is 96.3 Å². The van der Waals surface area contributed by atoms with Crippen molar-refractivity contribution >= 4 is 8.60 Å². The lowest BCUT2D eigenvalue weighted by Crippen LogP contribution is -2.05. The Morgan fingerprint density at radius 2 is 1.42 bits per heavy atom. The predicted molar refractivity (Wildman–Crippen MR) is 110 cm³/mol. The maximum Gasteiger partial charge on any atom is 0.391 e. The average Bonchev–Trinajstić information content (AvgIpc) is 2.65. The molecular formula is C22H37O3P. The van der Waals surface area contributed by atoms with E-state index in [0.29, 0.717) is 5.75 Å². The SMILES string of the molecule is OP(O)Oc1ccccc1CCCCCCCCCCC1CCCCC1. The van der Waals surface area contributed by atoms with E-state index < -0.39 is 8.60 Å². The van der Waals surface area contributed by atoms with Crippen molar-refractivity contribution in [1.29, 1.82) is 0 Å². The molecule has 1 saturated carbocycles. The van der Waals surface area contributed by atoms with Crippen LogP contribution in [-0.2, 0) is 6.42 Å². The third kappa shape index (κ3) is 9.35. The third-order valence-corrected chi connectivity index (χ3v) is 6.05. The molecule has 0 atom stereocenters. The van der Waals surface area contributed by atoms with Gasteiger partial charge in [-0.2, -0.15) is 0 Å². The van der Waals surface area contributed by atoms with Crippen LogP contribution in [0.2, 0.25) is 0 Å². The van der Waals surface area contributed by atoms with Crippen LogP contribution in [0.4, 0.5) is 0 Å². The Bertz CT molecular complexity index is 472. The van der Waals surface area contributed by atoms with Gasteiger partial charge in [0.1, 0.15) is 5.75 Å². The van der Waals surface area contributed by atoms with Crippen LogP contribution in [0.15, 0.2) is 24.3 Å². The molecule has 0 unspecified atom stereocenters. The smallest absolute Gasteiger partial charge is 0.391 e. The lowest BCUT2D eigenvalue weighted by atomic mass is 9.85. The van der Waals surface area contributed by atoms with Crippen molar-refractivity contribution in [2.24, 2.45) is 5.92 Å². The van der Waals surface area contributed by atoms with Crippen LogP contribution in [0.5, 0.6) is 5.75 Å². The fourth-order valence-electron chi connectivity index (χ4n) is 4.17. The molecule has 148 valence electrons. The number of hydrogen-bond acceptors (Lipinski definition) is 3. The van der Waals surface area contributed by atoms with Crippen LogP contribution >= 0.6 is 8.60 Å². The van der Waals surface area contributed by atoms with Crippen molar-refractivity contribution < 1.29 is 14.3 Å². The molecule has 2 N–H and O–H groups in total. The Labute approximate surface area is 161 Å². The number of hydrogen-bond donors (Lipinski definition) is 2. The maximum absolute atomic E-state index is 9.03. The summed E-state index contributed by atoms with van der Waals surface area (Å²) in [6, 6.07) is 7.67. The van der Waals surface area contributed by atoms with Crippen molar-refractivity contribution in [3.05, 3.63) is 29.8 Å². The van der Waals surface area contributed by atoms with Gasteiger partial charge in [-0.3, -0.25) is 0 Å². The number of para-hydroxylation sites is 1. The molecule has 3 nitrogen and oxygen atoms in total. The molecule has 0 radical (unpaired) electrons. The van der Waals surface area contributed by atoms with Crippen molar-refractivity contribution in [3.8, 4) is 5.75 Å². The molecule has 0 bridgehead atoms. The molecule has 26 heavy (non-hydrogen) atoms. The molecule has 0 heterocycles. The first-order valence-electron chi connectivity index (χ1n) is 10.7. The normalized spacial score (nSPS) is 15.5. The Kier molecular flexibility index (Phi) is 11.3. The fourth-order valence-corrected chi connectivity index (χ4v) is 4.53. The Morgan fingerprint density at radius 1 is 0.808 bits per heavy atom. The van der Waals surface area contributed by atoms with Gasteiger partial charge in [-0.1, -0.05) is 102 Å². The number of rotatable bonds is 13. The van der Waals surface area contributed by atoms with Gasteiger partial charge in [-0.05, 0) is 30.4 Å². The summed E-state index contributed by atoms with van der Waals surface area (Å²) in [6.45, 7) is 0. The van der Waals surface area contributed by atoms with Gasteiger partial charge in [0.25, 0.3) is 0 Å². The van der Waals surface area contributed by atoms with Crippen LogP contribution < -0.4 is 4.52 Å². The third-order valence-electron chi connectivity index (χ3n) is 5.69. The van der Waals surface area contributed by atoms with Gasteiger partial charge in [-0.25, -0.2) is 0 Å². The van der Waals surface area contributed by atoms with E-state index in [9.17, 15) is 0 Å². The minimum absolute atomic E-state index is 0.613. The van der Waals surface area contributed by atoms with Crippen molar-refractivity contribution in [3.63, 3.8) is 0 Å². The van der Waals surface area contributed by atoms with Crippen molar-refractivity contribution in [2.75, 3.05) is 0 Å². The van der Waals surface area contributed by atoms with Gasteiger partial charge >= 0.3 is 8.60 Å². The van der Waals surface area contributed by atoms with E-state index in [1.54, 1.807) is 0 Å². The van der Waals surface area contributed by atoms with Crippen LogP contribution in [0, 0.1) is 5.92 Å². The maximum atomic E-state index is 9.03. The fraction of sp³-hybridized carbons (Fsp3) is 0.727. The van der Waals surface area contributed by atoms with E-state index >= 15 is 0 Å². The van der Waals surface area contributed by atoms with Gasteiger partial charge in [0, 0.05) is 0 Å². The lowest BCUT2D eigenvalue weighted by molar-refractivity contribution is 0.328. The highest BCUT2D eigenvalue weighted by atomic mass is 31.2. The first kappa shape index (κ1) is 21.7. The molecule has 0 aromatic heterocycles. The summed E-state index contributed by atoms with van der Waals surface area (Å²) in [5.74, 6) is 1.66. The van der Waals surface area contributed by atoms with E-state index in [1.807, 2.05) is 24.3 Å². The predicted octanol–water partition coefficient (Wildman–Crippen LogP) is 6.91. The summed E-state index contributed by atoms with van der Waals surface area (Å²) in [7, 11) is -2.33. The highest BCUT2D eigenvalue weighted by Gasteiger charge is 2.12. The summed E-state index contributed by atoms with van der Waals surface area (Å²) in [5, 5.41) is 0. The minimum atomic E-state index is -2.33. The Morgan fingerprint density at radius 3 is 2.12 bits per heavy atom. The van der Waals surface area contributed by atoms with Gasteiger partial charge in [0.15, 0.2) is 0 Å². The first-order valence-corrected chi connectivity index (χ1v) is 11.9. The molecule has 4 heteroatoms. The second kappa shape index (κ2) is 13.5. The molecule has 0 aliphatic heterocycles. The summed E-state index contributed by atoms with van der Waals surface area (Å²) in [5.41, 5.74) is 1.07. The van der Waals surface area contributed by atoms with E-state index in [0.717, 1.165) is 24.3 Å². The molecule has 1 aromatic carbocycles. The quantitative estimate of drug-likeness (QED) is 0.289. The molecule has 1 aromatic rings. The first-order chi connectivity index (χ1) is 12.8. The molecule has 0 spiro atoms. The summed E-state index contributed by atoms with van der Waals surface area (Å²) in [6.07, 6.45) is 20.5. The van der Waals surface area contributed by atoms with Crippen LogP contribution in [0.25, 0.3) is 0 Å². The molecule has 1 fully saturated rings. The van der Waals surface area contributed by atoms with Crippen LogP contribution in [-0.4, -0.2) is 9.79 Å². The van der Waals surface area contributed by atoms with Crippen LogP contribution in [0.1, 0.15) is 95.5 Å². The minimum Gasteiger partial charge on any atom is -0.427 e. The van der Waals surface area contributed by atoms with Crippen LogP contribution in [0.3, 0.4) is 0 Å². The number of unbranched alkanes of at least 4 members (excludes halogenated alkanes) is 7. The molecule has 0 saturated heterocycles. The Balaban J connectivity index is 1.43. The van der Waals surface area contributed by atoms with Gasteiger partial charge in [0.05, 0.1) is 0 Å². The van der Waals surface area contributed by atoms with E-state index in [2.05, 4.69) is 0 Å². The second-order valence-electron chi connectivity index (χ2n) is 7.82. The zero-order chi connectivity index (χ0) is 18.5. The number of benzene rings is 1. The standard InChI is InChI=1S/C22H37O3P/c23-26(24)25-22-19-13-12-18-21(22)17-11-6-4-2-1-3-5-8-14-20-15-9-7-10-16-20/h12-13,18-20,23-24H,1-11,14-17H2. The molecule has 1 aliphatic rings.